The number of ether oxygens (including phenoxy) is 2. The molecule has 0 unspecified atom stereocenters. The lowest BCUT2D eigenvalue weighted by molar-refractivity contribution is -0.161. The van der Waals surface area contributed by atoms with Gasteiger partial charge in [-0.2, -0.15) is 0 Å². The van der Waals surface area contributed by atoms with E-state index in [9.17, 15) is 14.7 Å². The van der Waals surface area contributed by atoms with Gasteiger partial charge in [0.15, 0.2) is 6.10 Å². The van der Waals surface area contributed by atoms with Crippen LogP contribution in [0.25, 0.3) is 0 Å². The average Bonchev–Trinajstić information content (AvgIpc) is 2.74. The molecule has 0 heterocycles. The van der Waals surface area contributed by atoms with E-state index in [1.54, 1.807) is 0 Å². The van der Waals surface area contributed by atoms with Gasteiger partial charge >= 0.3 is 11.9 Å². The predicted molar refractivity (Wildman–Crippen MR) is 122 cm³/mol. The standard InChI is InChI=1S/C25H48O5/c1-3-5-7-8-9-10-11-12-13-14-15-16-18-20-25(28)30-23(21-26)22-29-24(27)19-17-6-4-2/h23,26H,3-22H2,1-2H3/t23-/m0/s1. The third kappa shape index (κ3) is 20.2. The van der Waals surface area contributed by atoms with Crippen LogP contribution in [0.1, 0.15) is 129 Å². The number of unbranched alkanes of at least 4 members (excludes halogenated alkanes) is 14. The number of rotatable bonds is 22. The molecule has 0 radical (unpaired) electrons. The Hall–Kier alpha value is -1.10. The first-order valence-corrected chi connectivity index (χ1v) is 12.6. The highest BCUT2D eigenvalue weighted by atomic mass is 16.6. The second-order valence-electron chi connectivity index (χ2n) is 8.43. The van der Waals surface area contributed by atoms with Crippen LogP contribution in [-0.2, 0) is 19.1 Å². The van der Waals surface area contributed by atoms with E-state index in [-0.39, 0.29) is 25.2 Å². The summed E-state index contributed by atoms with van der Waals surface area (Å²) in [6.45, 7) is 3.94. The number of aliphatic hydroxyl groups excluding tert-OH is 1. The minimum atomic E-state index is -0.755. The lowest BCUT2D eigenvalue weighted by atomic mass is 10.0. The Balaban J connectivity index is 3.52. The fraction of sp³-hybridized carbons (Fsp3) is 0.920. The molecule has 1 atom stereocenters. The number of esters is 2. The van der Waals surface area contributed by atoms with Crippen molar-refractivity contribution in [3.8, 4) is 0 Å². The van der Waals surface area contributed by atoms with Crippen LogP contribution >= 0.6 is 0 Å². The number of carbonyl (C=O) groups excluding carboxylic acids is 2. The lowest BCUT2D eigenvalue weighted by Gasteiger charge is -2.15. The van der Waals surface area contributed by atoms with E-state index in [1.165, 1.54) is 64.2 Å². The highest BCUT2D eigenvalue weighted by molar-refractivity contribution is 5.70. The van der Waals surface area contributed by atoms with Gasteiger partial charge in [0.25, 0.3) is 0 Å². The Labute approximate surface area is 185 Å². The molecule has 0 amide bonds. The van der Waals surface area contributed by atoms with E-state index < -0.39 is 6.10 Å². The van der Waals surface area contributed by atoms with Crippen LogP contribution in [0, 0.1) is 0 Å². The van der Waals surface area contributed by atoms with Gasteiger partial charge in [0.1, 0.15) is 6.61 Å². The molecule has 0 rings (SSSR count). The topological polar surface area (TPSA) is 72.8 Å². The van der Waals surface area contributed by atoms with Gasteiger partial charge in [0.05, 0.1) is 6.61 Å². The van der Waals surface area contributed by atoms with Crippen LogP contribution in [0.2, 0.25) is 0 Å². The van der Waals surface area contributed by atoms with Crippen molar-refractivity contribution in [2.75, 3.05) is 13.2 Å². The molecule has 0 saturated heterocycles. The Kier molecular flexibility index (Phi) is 21.8. The molecule has 178 valence electrons. The molecule has 0 aromatic rings. The molecule has 0 aromatic carbocycles. The molecule has 0 aromatic heterocycles. The molecule has 0 spiro atoms. The SMILES string of the molecule is CCCCCCCCCCCCCCCC(=O)O[C@@H](CO)COC(=O)CCCCC. The third-order valence-electron chi connectivity index (χ3n) is 5.40. The summed E-state index contributed by atoms with van der Waals surface area (Å²) in [5.74, 6) is -0.617. The van der Waals surface area contributed by atoms with E-state index in [4.69, 9.17) is 9.47 Å². The van der Waals surface area contributed by atoms with Crippen LogP contribution < -0.4 is 0 Å². The van der Waals surface area contributed by atoms with Gasteiger partial charge in [-0.05, 0) is 12.8 Å². The molecule has 5 heteroatoms. The molecule has 0 aliphatic carbocycles. The number of hydrogen-bond donors (Lipinski definition) is 1. The van der Waals surface area contributed by atoms with Crippen LogP contribution in [0.5, 0.6) is 0 Å². The molecule has 0 saturated carbocycles. The maximum atomic E-state index is 11.9. The Morgan fingerprint density at radius 3 is 1.53 bits per heavy atom. The maximum absolute atomic E-state index is 11.9. The zero-order valence-corrected chi connectivity index (χ0v) is 19.8. The Bertz CT molecular complexity index is 397. The molecule has 0 aliphatic rings. The van der Waals surface area contributed by atoms with Crippen molar-refractivity contribution in [2.24, 2.45) is 0 Å². The van der Waals surface area contributed by atoms with E-state index in [0.29, 0.717) is 12.8 Å². The second-order valence-corrected chi connectivity index (χ2v) is 8.43. The van der Waals surface area contributed by atoms with Crippen LogP contribution in [0.3, 0.4) is 0 Å². The van der Waals surface area contributed by atoms with E-state index in [1.807, 2.05) is 0 Å². The summed E-state index contributed by atoms with van der Waals surface area (Å²) in [5, 5.41) is 9.32. The number of carbonyl (C=O) groups is 2. The monoisotopic (exact) mass is 428 g/mol. The Morgan fingerprint density at radius 1 is 0.633 bits per heavy atom. The minimum absolute atomic E-state index is 0.0637. The molecular weight excluding hydrogens is 380 g/mol. The van der Waals surface area contributed by atoms with Gasteiger partial charge in [0, 0.05) is 12.8 Å². The van der Waals surface area contributed by atoms with Crippen molar-refractivity contribution in [3.63, 3.8) is 0 Å². The molecular formula is C25H48O5. The third-order valence-corrected chi connectivity index (χ3v) is 5.40. The highest BCUT2D eigenvalue weighted by Crippen LogP contribution is 2.13. The molecule has 1 N–H and O–H groups in total. The first kappa shape index (κ1) is 28.9. The van der Waals surface area contributed by atoms with Gasteiger partial charge < -0.3 is 14.6 Å². The average molecular weight is 429 g/mol. The Morgan fingerprint density at radius 2 is 1.03 bits per heavy atom. The summed E-state index contributed by atoms with van der Waals surface area (Å²) < 4.78 is 10.3. The van der Waals surface area contributed by atoms with Crippen LogP contribution in [-0.4, -0.2) is 36.4 Å². The highest BCUT2D eigenvalue weighted by Gasteiger charge is 2.15. The van der Waals surface area contributed by atoms with Crippen molar-refractivity contribution in [2.45, 2.75) is 136 Å². The smallest absolute Gasteiger partial charge is 0.306 e. The van der Waals surface area contributed by atoms with Gasteiger partial charge in [-0.25, -0.2) is 0 Å². The van der Waals surface area contributed by atoms with Crippen molar-refractivity contribution < 1.29 is 24.2 Å². The fourth-order valence-corrected chi connectivity index (χ4v) is 3.43. The lowest BCUT2D eigenvalue weighted by Crippen LogP contribution is -2.28. The van der Waals surface area contributed by atoms with Gasteiger partial charge in [-0.1, -0.05) is 104 Å². The van der Waals surface area contributed by atoms with Crippen molar-refractivity contribution in [1.29, 1.82) is 0 Å². The first-order valence-electron chi connectivity index (χ1n) is 12.6. The summed E-state index contributed by atoms with van der Waals surface area (Å²) in [6.07, 6.45) is 19.2. The number of hydrogen-bond acceptors (Lipinski definition) is 5. The fourth-order valence-electron chi connectivity index (χ4n) is 3.43. The van der Waals surface area contributed by atoms with E-state index in [0.717, 1.165) is 38.5 Å². The van der Waals surface area contributed by atoms with Crippen LogP contribution in [0.4, 0.5) is 0 Å². The van der Waals surface area contributed by atoms with Crippen molar-refractivity contribution >= 4 is 11.9 Å². The van der Waals surface area contributed by atoms with Gasteiger partial charge in [0.2, 0.25) is 0 Å². The maximum Gasteiger partial charge on any atom is 0.306 e. The second kappa shape index (κ2) is 22.6. The molecule has 0 fully saturated rings. The summed E-state index contributed by atoms with van der Waals surface area (Å²) in [4.78, 5) is 23.5. The number of aliphatic hydroxyl groups is 1. The summed E-state index contributed by atoms with van der Waals surface area (Å²) in [7, 11) is 0. The largest absolute Gasteiger partial charge is 0.462 e. The predicted octanol–water partition coefficient (Wildman–Crippen LogP) is 6.50. The van der Waals surface area contributed by atoms with Crippen molar-refractivity contribution in [1.82, 2.24) is 0 Å². The van der Waals surface area contributed by atoms with Crippen LogP contribution in [0.15, 0.2) is 0 Å². The zero-order chi connectivity index (χ0) is 22.3. The normalized spacial score (nSPS) is 12.0. The van der Waals surface area contributed by atoms with Crippen molar-refractivity contribution in [3.05, 3.63) is 0 Å². The van der Waals surface area contributed by atoms with Gasteiger partial charge in [-0.3, -0.25) is 9.59 Å². The first-order chi connectivity index (χ1) is 14.6. The molecule has 0 bridgehead atoms. The quantitative estimate of drug-likeness (QED) is 0.157. The summed E-state index contributed by atoms with van der Waals surface area (Å²) in [6, 6.07) is 0. The van der Waals surface area contributed by atoms with E-state index >= 15 is 0 Å². The van der Waals surface area contributed by atoms with Gasteiger partial charge in [-0.15, -0.1) is 0 Å². The molecule has 0 aliphatic heterocycles. The van der Waals surface area contributed by atoms with E-state index in [2.05, 4.69) is 13.8 Å². The molecule has 30 heavy (non-hydrogen) atoms. The minimum Gasteiger partial charge on any atom is -0.462 e. The summed E-state index contributed by atoms with van der Waals surface area (Å²) in [5.41, 5.74) is 0. The summed E-state index contributed by atoms with van der Waals surface area (Å²) >= 11 is 0. The molecule has 5 nitrogen and oxygen atoms in total. The zero-order valence-electron chi connectivity index (χ0n) is 19.8.